The first-order chi connectivity index (χ1) is 10.1. The Morgan fingerprint density at radius 2 is 1.57 bits per heavy atom. The molecule has 1 atom stereocenters. The number of hydrogen-bond donors (Lipinski definition) is 1. The van der Waals surface area contributed by atoms with Gasteiger partial charge < -0.3 is 5.11 Å². The smallest absolute Gasteiger partial charge is 0.123 e. The molecule has 0 aliphatic carbocycles. The zero-order valence-corrected chi connectivity index (χ0v) is 13.7. The van der Waals surface area contributed by atoms with Crippen molar-refractivity contribution in [2.24, 2.45) is 0 Å². The van der Waals surface area contributed by atoms with Crippen LogP contribution >= 0.6 is 0 Å². The summed E-state index contributed by atoms with van der Waals surface area (Å²) in [5, 5.41) is 10.7. The lowest BCUT2D eigenvalue weighted by atomic mass is 9.86. The Labute approximate surface area is 129 Å². The van der Waals surface area contributed by atoms with Gasteiger partial charge in [-0.05, 0) is 30.5 Å². The summed E-state index contributed by atoms with van der Waals surface area (Å²) in [6.45, 7) is 4.20. The Balaban J connectivity index is 2.30. The van der Waals surface area contributed by atoms with Crippen LogP contribution in [0.3, 0.4) is 0 Å². The maximum absolute atomic E-state index is 13.3. The van der Waals surface area contributed by atoms with Crippen molar-refractivity contribution in [3.8, 4) is 0 Å². The average Bonchev–Trinajstić information content (AvgIpc) is 2.49. The molecule has 0 amide bonds. The standard InChI is InChI=1S/C19H31FO/c1-3-5-6-7-8-9-10-11-15-19(21,4-2)17-13-12-14-18(20)16-17/h12-14,16,21H,3-11,15H2,1-2H3. The third kappa shape index (κ3) is 6.60. The van der Waals surface area contributed by atoms with Crippen molar-refractivity contribution in [3.63, 3.8) is 0 Å². The molecule has 1 aromatic carbocycles. The Bertz CT molecular complexity index is 391. The van der Waals surface area contributed by atoms with Crippen LogP contribution in [0.5, 0.6) is 0 Å². The summed E-state index contributed by atoms with van der Waals surface area (Å²) in [5.41, 5.74) is -0.155. The van der Waals surface area contributed by atoms with E-state index in [1.807, 2.05) is 13.0 Å². The molecule has 0 aliphatic heterocycles. The maximum atomic E-state index is 13.3. The van der Waals surface area contributed by atoms with E-state index in [-0.39, 0.29) is 5.82 Å². The molecule has 0 fully saturated rings. The van der Waals surface area contributed by atoms with Crippen LogP contribution in [-0.2, 0) is 5.60 Å². The summed E-state index contributed by atoms with van der Waals surface area (Å²) in [6.07, 6.45) is 11.4. The van der Waals surface area contributed by atoms with Gasteiger partial charge in [0, 0.05) is 0 Å². The molecule has 0 saturated heterocycles. The molecule has 21 heavy (non-hydrogen) atoms. The van der Waals surface area contributed by atoms with E-state index >= 15 is 0 Å². The summed E-state index contributed by atoms with van der Waals surface area (Å²) < 4.78 is 13.3. The van der Waals surface area contributed by atoms with Gasteiger partial charge in [-0.2, -0.15) is 0 Å². The number of hydrogen-bond acceptors (Lipinski definition) is 1. The third-order valence-electron chi connectivity index (χ3n) is 4.39. The zero-order chi connectivity index (χ0) is 15.6. The van der Waals surface area contributed by atoms with Gasteiger partial charge in [0.25, 0.3) is 0 Å². The molecule has 120 valence electrons. The van der Waals surface area contributed by atoms with E-state index < -0.39 is 5.60 Å². The van der Waals surface area contributed by atoms with Gasteiger partial charge in [0.05, 0.1) is 5.60 Å². The van der Waals surface area contributed by atoms with Crippen LogP contribution in [0.1, 0.15) is 83.6 Å². The summed E-state index contributed by atoms with van der Waals surface area (Å²) >= 11 is 0. The number of halogens is 1. The fourth-order valence-corrected chi connectivity index (χ4v) is 2.85. The first-order valence-electron chi connectivity index (χ1n) is 8.61. The SMILES string of the molecule is CCCCCCCCCCC(O)(CC)c1cccc(F)c1. The second kappa shape index (κ2) is 9.94. The molecule has 1 nitrogen and oxygen atoms in total. The van der Waals surface area contributed by atoms with Crippen molar-refractivity contribution in [1.29, 1.82) is 0 Å². The fraction of sp³-hybridized carbons (Fsp3) is 0.684. The second-order valence-corrected chi connectivity index (χ2v) is 6.12. The van der Waals surface area contributed by atoms with E-state index in [0.29, 0.717) is 12.0 Å². The molecule has 0 heterocycles. The molecule has 1 aromatic rings. The molecule has 0 spiro atoms. The molecule has 0 bridgehead atoms. The monoisotopic (exact) mass is 294 g/mol. The maximum Gasteiger partial charge on any atom is 0.123 e. The van der Waals surface area contributed by atoms with E-state index in [4.69, 9.17) is 0 Å². The van der Waals surface area contributed by atoms with E-state index in [9.17, 15) is 9.50 Å². The number of rotatable bonds is 11. The fourth-order valence-electron chi connectivity index (χ4n) is 2.85. The van der Waals surface area contributed by atoms with Gasteiger partial charge in [-0.25, -0.2) is 4.39 Å². The van der Waals surface area contributed by atoms with Gasteiger partial charge in [0.1, 0.15) is 5.82 Å². The van der Waals surface area contributed by atoms with Gasteiger partial charge in [0.15, 0.2) is 0 Å². The topological polar surface area (TPSA) is 20.2 Å². The van der Waals surface area contributed by atoms with Gasteiger partial charge in [-0.3, -0.25) is 0 Å². The van der Waals surface area contributed by atoms with Gasteiger partial charge in [-0.15, -0.1) is 0 Å². The van der Waals surface area contributed by atoms with Crippen LogP contribution in [0.4, 0.5) is 4.39 Å². The van der Waals surface area contributed by atoms with E-state index in [2.05, 4.69) is 6.92 Å². The molecular weight excluding hydrogens is 263 g/mol. The lowest BCUT2D eigenvalue weighted by molar-refractivity contribution is 0.0204. The first kappa shape index (κ1) is 18.2. The van der Waals surface area contributed by atoms with Crippen LogP contribution in [0.2, 0.25) is 0 Å². The summed E-state index contributed by atoms with van der Waals surface area (Å²) in [5.74, 6) is -0.268. The number of benzene rings is 1. The lowest BCUT2D eigenvalue weighted by Gasteiger charge is -2.27. The Kier molecular flexibility index (Phi) is 8.60. The lowest BCUT2D eigenvalue weighted by Crippen LogP contribution is -2.24. The molecule has 1 rings (SSSR count). The predicted molar refractivity (Wildman–Crippen MR) is 87.8 cm³/mol. The van der Waals surface area contributed by atoms with Crippen molar-refractivity contribution in [2.45, 2.75) is 83.7 Å². The molecule has 2 heteroatoms. The molecular formula is C19H31FO. The summed E-state index contributed by atoms with van der Waals surface area (Å²) in [4.78, 5) is 0. The normalized spacial score (nSPS) is 14.1. The second-order valence-electron chi connectivity index (χ2n) is 6.12. The molecule has 0 aliphatic rings. The predicted octanol–water partition coefficient (Wildman–Crippen LogP) is 5.95. The van der Waals surface area contributed by atoms with Crippen molar-refractivity contribution in [1.82, 2.24) is 0 Å². The van der Waals surface area contributed by atoms with Crippen LogP contribution in [-0.4, -0.2) is 5.11 Å². The van der Waals surface area contributed by atoms with E-state index in [0.717, 1.165) is 19.3 Å². The quantitative estimate of drug-likeness (QED) is 0.500. The summed E-state index contributed by atoms with van der Waals surface area (Å²) in [7, 11) is 0. The van der Waals surface area contributed by atoms with E-state index in [1.54, 1.807) is 6.07 Å². The first-order valence-corrected chi connectivity index (χ1v) is 8.61. The molecule has 0 saturated carbocycles. The molecule has 0 radical (unpaired) electrons. The van der Waals surface area contributed by atoms with Gasteiger partial charge >= 0.3 is 0 Å². The van der Waals surface area contributed by atoms with Crippen molar-refractivity contribution in [2.75, 3.05) is 0 Å². The zero-order valence-electron chi connectivity index (χ0n) is 13.7. The Hall–Kier alpha value is -0.890. The molecule has 0 aromatic heterocycles. The number of aliphatic hydroxyl groups is 1. The van der Waals surface area contributed by atoms with Crippen molar-refractivity contribution < 1.29 is 9.50 Å². The Morgan fingerprint density at radius 3 is 2.14 bits per heavy atom. The van der Waals surface area contributed by atoms with Crippen LogP contribution in [0.15, 0.2) is 24.3 Å². The van der Waals surface area contributed by atoms with E-state index in [1.165, 1.54) is 50.7 Å². The van der Waals surface area contributed by atoms with Crippen molar-refractivity contribution in [3.05, 3.63) is 35.6 Å². The minimum Gasteiger partial charge on any atom is -0.385 e. The highest BCUT2D eigenvalue weighted by molar-refractivity contribution is 5.23. The van der Waals surface area contributed by atoms with Crippen LogP contribution < -0.4 is 0 Å². The largest absolute Gasteiger partial charge is 0.385 e. The minimum atomic E-state index is -0.871. The van der Waals surface area contributed by atoms with Gasteiger partial charge in [-0.1, -0.05) is 77.3 Å². The Morgan fingerprint density at radius 1 is 0.952 bits per heavy atom. The van der Waals surface area contributed by atoms with Crippen LogP contribution in [0.25, 0.3) is 0 Å². The number of unbranched alkanes of at least 4 members (excludes halogenated alkanes) is 7. The highest BCUT2D eigenvalue weighted by Crippen LogP contribution is 2.31. The highest BCUT2D eigenvalue weighted by Gasteiger charge is 2.26. The van der Waals surface area contributed by atoms with Crippen molar-refractivity contribution >= 4 is 0 Å². The van der Waals surface area contributed by atoms with Gasteiger partial charge in [0.2, 0.25) is 0 Å². The summed E-state index contributed by atoms with van der Waals surface area (Å²) in [6, 6.07) is 6.40. The average molecular weight is 294 g/mol. The van der Waals surface area contributed by atoms with Crippen LogP contribution in [0, 0.1) is 5.82 Å². The molecule has 1 N–H and O–H groups in total. The third-order valence-corrected chi connectivity index (χ3v) is 4.39. The minimum absolute atomic E-state index is 0.268. The highest BCUT2D eigenvalue weighted by atomic mass is 19.1. The molecule has 1 unspecified atom stereocenters.